The van der Waals surface area contributed by atoms with Gasteiger partial charge in [0.15, 0.2) is 11.5 Å². The second-order valence-corrected chi connectivity index (χ2v) is 12.1. The maximum absolute atomic E-state index is 11.4. The average Bonchev–Trinajstić information content (AvgIpc) is 3.47. The van der Waals surface area contributed by atoms with Gasteiger partial charge >= 0.3 is 0 Å². The molecule has 2 aliphatic heterocycles. The fraction of sp³-hybridized carbons (Fsp3) is 0.769. The molecule has 5 heteroatoms. The summed E-state index contributed by atoms with van der Waals surface area (Å²) < 4.78 is 13.2. The lowest BCUT2D eigenvalue weighted by atomic mass is 9.34. The molecule has 8 rings (SSSR count). The van der Waals surface area contributed by atoms with E-state index in [4.69, 9.17) is 9.47 Å². The molecule has 2 N–H and O–H groups in total. The molecule has 0 radical (unpaired) electrons. The number of phenolic OH excluding ortho intramolecular Hbond substituents is 1. The van der Waals surface area contributed by atoms with Gasteiger partial charge in [-0.3, -0.25) is 4.90 Å². The summed E-state index contributed by atoms with van der Waals surface area (Å²) in [6.45, 7) is 6.23. The summed E-state index contributed by atoms with van der Waals surface area (Å²) in [5.41, 5.74) is 1.24. The summed E-state index contributed by atoms with van der Waals surface area (Å²) in [4.78, 5) is 2.81. The van der Waals surface area contributed by atoms with Crippen LogP contribution in [0.5, 0.6) is 11.5 Å². The van der Waals surface area contributed by atoms with Crippen LogP contribution in [0.15, 0.2) is 12.1 Å². The summed E-state index contributed by atoms with van der Waals surface area (Å²) in [7, 11) is 1.81. The van der Waals surface area contributed by atoms with E-state index < -0.39 is 11.2 Å². The van der Waals surface area contributed by atoms with Crippen LogP contribution in [-0.4, -0.2) is 58.7 Å². The summed E-state index contributed by atoms with van der Waals surface area (Å²) >= 11 is 0. The molecule has 0 aromatic heterocycles. The number of benzene rings is 1. The van der Waals surface area contributed by atoms with E-state index in [1.54, 1.807) is 0 Å². The quantitative estimate of drug-likeness (QED) is 0.774. The molecule has 2 heterocycles. The predicted octanol–water partition coefficient (Wildman–Crippen LogP) is 3.39. The number of hydrogen-bond acceptors (Lipinski definition) is 5. The van der Waals surface area contributed by atoms with Gasteiger partial charge in [0.1, 0.15) is 11.7 Å². The highest BCUT2D eigenvalue weighted by atomic mass is 16.6. The smallest absolute Gasteiger partial charge is 0.165 e. The molecule has 31 heavy (non-hydrogen) atoms. The van der Waals surface area contributed by atoms with E-state index in [-0.39, 0.29) is 28.6 Å². The molecular weight excluding hydrogens is 390 g/mol. The van der Waals surface area contributed by atoms with Crippen LogP contribution < -0.4 is 4.74 Å². The van der Waals surface area contributed by atoms with Crippen molar-refractivity contribution in [2.75, 3.05) is 20.2 Å². The third-order valence-electron chi connectivity index (χ3n) is 10.5. The van der Waals surface area contributed by atoms with Crippen LogP contribution >= 0.6 is 0 Å². The first-order chi connectivity index (χ1) is 14.8. The van der Waals surface area contributed by atoms with Crippen molar-refractivity contribution in [2.45, 2.75) is 87.6 Å². The second kappa shape index (κ2) is 5.60. The number of piperidine rings is 1. The molecule has 4 saturated carbocycles. The minimum Gasteiger partial charge on any atom is -0.504 e. The van der Waals surface area contributed by atoms with E-state index in [1.807, 2.05) is 27.0 Å². The van der Waals surface area contributed by atoms with Gasteiger partial charge in [0.2, 0.25) is 0 Å². The van der Waals surface area contributed by atoms with Gasteiger partial charge < -0.3 is 19.7 Å². The SMILES string of the molecule is COC12CCC3(CC1C(C)(C)O)[C@H]1Cc4ccc(O)c5c4[C@@]3(CCN1CC1CC1)[C@H]2O5. The number of aliphatic hydroxyl groups is 1. The van der Waals surface area contributed by atoms with Crippen molar-refractivity contribution >= 4 is 0 Å². The van der Waals surface area contributed by atoms with Crippen LogP contribution in [0.1, 0.15) is 63.5 Å². The fourth-order valence-corrected chi connectivity index (χ4v) is 9.23. The Morgan fingerprint density at radius 3 is 2.74 bits per heavy atom. The van der Waals surface area contributed by atoms with Gasteiger partial charge in [0.25, 0.3) is 0 Å². The van der Waals surface area contributed by atoms with Crippen LogP contribution in [0.4, 0.5) is 0 Å². The Kier molecular flexibility index (Phi) is 3.47. The van der Waals surface area contributed by atoms with Gasteiger partial charge in [0.05, 0.1) is 5.60 Å². The highest BCUT2D eigenvalue weighted by Crippen LogP contribution is 2.77. The van der Waals surface area contributed by atoms with Crippen molar-refractivity contribution in [2.24, 2.45) is 17.3 Å². The molecular formula is C26H35NO4. The Morgan fingerprint density at radius 2 is 2.03 bits per heavy atom. The largest absolute Gasteiger partial charge is 0.504 e. The second-order valence-electron chi connectivity index (χ2n) is 12.1. The van der Waals surface area contributed by atoms with Crippen LogP contribution in [0.3, 0.4) is 0 Å². The zero-order valence-corrected chi connectivity index (χ0v) is 19.0. The maximum atomic E-state index is 11.4. The third kappa shape index (κ3) is 2.02. The first-order valence-electron chi connectivity index (χ1n) is 12.3. The highest BCUT2D eigenvalue weighted by Gasteiger charge is 2.81. The van der Waals surface area contributed by atoms with Crippen molar-refractivity contribution in [3.05, 3.63) is 23.3 Å². The van der Waals surface area contributed by atoms with Gasteiger partial charge in [-0.05, 0) is 82.9 Å². The van der Waals surface area contributed by atoms with Crippen molar-refractivity contribution in [1.82, 2.24) is 4.90 Å². The van der Waals surface area contributed by atoms with E-state index in [9.17, 15) is 10.2 Å². The molecule has 5 nitrogen and oxygen atoms in total. The number of nitrogens with zero attached hydrogens (tertiary/aromatic N) is 1. The first kappa shape index (κ1) is 19.2. The van der Waals surface area contributed by atoms with E-state index in [0.29, 0.717) is 11.8 Å². The Balaban J connectivity index is 1.49. The van der Waals surface area contributed by atoms with Crippen LogP contribution in [0.25, 0.3) is 0 Å². The number of methoxy groups -OCH3 is 1. The van der Waals surface area contributed by atoms with Crippen LogP contribution in [-0.2, 0) is 16.6 Å². The van der Waals surface area contributed by atoms with Gasteiger partial charge in [-0.25, -0.2) is 0 Å². The molecule has 1 aromatic carbocycles. The summed E-state index contributed by atoms with van der Waals surface area (Å²) in [6.07, 6.45) is 7.72. The molecule has 5 aliphatic carbocycles. The molecule has 4 bridgehead atoms. The zero-order valence-electron chi connectivity index (χ0n) is 19.0. The van der Waals surface area contributed by atoms with E-state index in [0.717, 1.165) is 44.6 Å². The van der Waals surface area contributed by atoms with Crippen molar-refractivity contribution in [3.8, 4) is 11.5 Å². The summed E-state index contributed by atoms with van der Waals surface area (Å²) in [5, 5.41) is 22.2. The standard InChI is InChI=1S/C26H35NO4/c1-23(2,29)18-13-24-8-9-26(18,30-3)22-25(24)10-11-27(14-15-4-5-15)19(24)12-16-6-7-17(28)21(31-22)20(16)25/h6-7,15,18-19,22,28-29H,4-5,8-14H2,1-3H3/t18?,19-,22-,24?,25+,26?/m1/s1. The molecule has 6 atom stereocenters. The molecule has 2 spiro atoms. The monoisotopic (exact) mass is 425 g/mol. The predicted molar refractivity (Wildman–Crippen MR) is 116 cm³/mol. The summed E-state index contributed by atoms with van der Waals surface area (Å²) in [6, 6.07) is 4.46. The van der Waals surface area contributed by atoms with E-state index in [1.165, 1.54) is 30.5 Å². The topological polar surface area (TPSA) is 62.2 Å². The Labute approximate surface area is 184 Å². The van der Waals surface area contributed by atoms with Crippen LogP contribution in [0.2, 0.25) is 0 Å². The number of aromatic hydroxyl groups is 1. The minimum atomic E-state index is -0.846. The maximum Gasteiger partial charge on any atom is 0.165 e. The Bertz CT molecular complexity index is 967. The number of ether oxygens (including phenoxy) is 2. The molecule has 1 saturated heterocycles. The lowest BCUT2D eigenvalue weighted by molar-refractivity contribution is -0.300. The number of hydrogen-bond donors (Lipinski definition) is 2. The minimum absolute atomic E-state index is 0.0123. The number of fused-ring (bicyclic) bond motifs is 2. The van der Waals surface area contributed by atoms with Crippen LogP contribution in [0, 0.1) is 17.3 Å². The molecule has 7 aliphatic rings. The van der Waals surface area contributed by atoms with Gasteiger partial charge in [-0.15, -0.1) is 0 Å². The van der Waals surface area contributed by atoms with Gasteiger partial charge in [0, 0.05) is 42.0 Å². The highest BCUT2D eigenvalue weighted by molar-refractivity contribution is 5.63. The number of likely N-dealkylation sites (tertiary alicyclic amines) is 1. The summed E-state index contributed by atoms with van der Waals surface area (Å²) in [5.74, 6) is 1.86. The normalized spacial score (nSPS) is 44.8. The Hall–Kier alpha value is -1.30. The van der Waals surface area contributed by atoms with Crippen molar-refractivity contribution < 1.29 is 19.7 Å². The molecule has 5 fully saturated rings. The average molecular weight is 426 g/mol. The van der Waals surface area contributed by atoms with Crippen molar-refractivity contribution in [1.29, 1.82) is 0 Å². The molecule has 168 valence electrons. The molecule has 0 amide bonds. The molecule has 3 unspecified atom stereocenters. The first-order valence-corrected chi connectivity index (χ1v) is 12.3. The number of rotatable bonds is 4. The van der Waals surface area contributed by atoms with Gasteiger partial charge in [-0.2, -0.15) is 0 Å². The van der Waals surface area contributed by atoms with Gasteiger partial charge in [-0.1, -0.05) is 6.07 Å². The number of phenols is 1. The van der Waals surface area contributed by atoms with Crippen molar-refractivity contribution in [3.63, 3.8) is 0 Å². The van der Waals surface area contributed by atoms with E-state index in [2.05, 4.69) is 11.0 Å². The zero-order chi connectivity index (χ0) is 21.4. The Morgan fingerprint density at radius 1 is 1.23 bits per heavy atom. The fourth-order valence-electron chi connectivity index (χ4n) is 9.23. The van der Waals surface area contributed by atoms with E-state index >= 15 is 0 Å². The lowest BCUT2D eigenvalue weighted by Gasteiger charge is -2.75. The molecule has 1 aromatic rings. The lowest BCUT2D eigenvalue weighted by Crippen LogP contribution is -2.82. The third-order valence-corrected chi connectivity index (χ3v) is 10.5.